The molecule has 0 radical (unpaired) electrons. The molecule has 0 amide bonds. The van der Waals surface area contributed by atoms with E-state index in [-0.39, 0.29) is 35.4 Å². The Morgan fingerprint density at radius 1 is 1.21 bits per heavy atom. The number of nitrogens with two attached hydrogens (primary N) is 1. The number of hydrogen-bond donors (Lipinski definition) is 3. The Balaban J connectivity index is 1.61. The largest absolute Gasteiger partial charge is 0.397 e. The highest BCUT2D eigenvalue weighted by atomic mass is 19.1. The summed E-state index contributed by atoms with van der Waals surface area (Å²) in [6, 6.07) is 7.50. The van der Waals surface area contributed by atoms with Crippen molar-refractivity contribution in [1.29, 1.82) is 0 Å². The summed E-state index contributed by atoms with van der Waals surface area (Å²) >= 11 is 0. The smallest absolute Gasteiger partial charge is 0.187 e. The summed E-state index contributed by atoms with van der Waals surface area (Å²) < 4.78 is 13.6. The van der Waals surface area contributed by atoms with Crippen molar-refractivity contribution in [3.63, 3.8) is 0 Å². The average molecular weight is 451 g/mol. The van der Waals surface area contributed by atoms with Gasteiger partial charge in [0.2, 0.25) is 0 Å². The number of ketones is 1. The van der Waals surface area contributed by atoms with Gasteiger partial charge in [-0.15, -0.1) is 0 Å². The number of nitrogens with zero attached hydrogens (tertiary/aromatic N) is 3. The van der Waals surface area contributed by atoms with Gasteiger partial charge >= 0.3 is 0 Å². The maximum atomic E-state index is 13.6. The third kappa shape index (κ3) is 4.62. The van der Waals surface area contributed by atoms with Crippen molar-refractivity contribution in [2.75, 3.05) is 5.73 Å². The van der Waals surface area contributed by atoms with Crippen LogP contribution in [0.1, 0.15) is 54.2 Å². The number of pyridine rings is 3. The zero-order valence-electron chi connectivity index (χ0n) is 18.6. The first-order chi connectivity index (χ1) is 15.7. The quantitative estimate of drug-likeness (QED) is 0.510. The Morgan fingerprint density at radius 3 is 2.73 bits per heavy atom. The molecule has 7 nitrogen and oxygen atoms in total. The van der Waals surface area contributed by atoms with Crippen molar-refractivity contribution in [3.8, 4) is 11.4 Å². The predicted molar refractivity (Wildman–Crippen MR) is 122 cm³/mol. The summed E-state index contributed by atoms with van der Waals surface area (Å²) in [6.45, 7) is 3.57. The fourth-order valence-electron chi connectivity index (χ4n) is 4.47. The van der Waals surface area contributed by atoms with Crippen molar-refractivity contribution in [2.45, 2.75) is 50.7 Å². The van der Waals surface area contributed by atoms with E-state index in [0.29, 0.717) is 24.2 Å². The van der Waals surface area contributed by atoms with Crippen LogP contribution in [0.2, 0.25) is 0 Å². The van der Waals surface area contributed by atoms with Crippen LogP contribution in [-0.4, -0.2) is 42.7 Å². The summed E-state index contributed by atoms with van der Waals surface area (Å²) in [5.41, 5.74) is 7.52. The monoisotopic (exact) mass is 450 g/mol. The van der Waals surface area contributed by atoms with Gasteiger partial charge in [0.15, 0.2) is 5.78 Å². The molecule has 1 fully saturated rings. The minimum atomic E-state index is -1.15. The number of aromatic nitrogens is 3. The van der Waals surface area contributed by atoms with E-state index in [9.17, 15) is 19.4 Å². The Bertz CT molecular complexity index is 1170. The maximum Gasteiger partial charge on any atom is 0.187 e. The van der Waals surface area contributed by atoms with E-state index in [0.717, 1.165) is 11.1 Å². The molecule has 0 aliphatic heterocycles. The van der Waals surface area contributed by atoms with E-state index in [1.807, 2.05) is 13.0 Å². The van der Waals surface area contributed by atoms with Crippen molar-refractivity contribution >= 4 is 11.5 Å². The number of anilines is 1. The molecule has 0 aromatic carbocycles. The lowest BCUT2D eigenvalue weighted by Gasteiger charge is -2.43. The molecule has 4 N–H and O–H groups in total. The Hall–Kier alpha value is -3.23. The van der Waals surface area contributed by atoms with Gasteiger partial charge in [0.1, 0.15) is 11.5 Å². The molecule has 4 atom stereocenters. The molecule has 1 aliphatic carbocycles. The lowest BCUT2D eigenvalue weighted by atomic mass is 9.68. The first-order valence-corrected chi connectivity index (χ1v) is 10.9. The number of carbonyl (C=O) groups is 1. The molecule has 3 aromatic rings. The normalized spacial score (nSPS) is 25.1. The number of halogens is 1. The standard InChI is InChI=1S/C25H27FN4O3/c1-14-9-15(11-23(32)25(14,2)33)18-6-7-28-13-16(18)10-22(31)24-19(27)3-4-20(30-24)21-12-17(26)5-8-29-21/h3-8,12-15,23,32-33H,9-11,27H2,1-2H3/t14-,15+,23+,25+/m0/s1. The minimum Gasteiger partial charge on any atom is -0.397 e. The van der Waals surface area contributed by atoms with Crippen LogP contribution in [-0.2, 0) is 6.42 Å². The number of nitrogen functional groups attached to an aromatic ring is 1. The molecule has 33 heavy (non-hydrogen) atoms. The maximum absolute atomic E-state index is 13.6. The molecule has 4 rings (SSSR count). The molecular formula is C25H27FN4O3. The van der Waals surface area contributed by atoms with E-state index < -0.39 is 17.5 Å². The molecule has 0 spiro atoms. The van der Waals surface area contributed by atoms with Crippen molar-refractivity contribution in [2.24, 2.45) is 5.92 Å². The number of aliphatic hydroxyl groups is 2. The number of aliphatic hydroxyl groups excluding tert-OH is 1. The second-order valence-corrected chi connectivity index (χ2v) is 8.98. The minimum absolute atomic E-state index is 0.0193. The van der Waals surface area contributed by atoms with E-state index in [2.05, 4.69) is 15.0 Å². The summed E-state index contributed by atoms with van der Waals surface area (Å²) in [5.74, 6) is -0.879. The molecule has 1 saturated carbocycles. The van der Waals surface area contributed by atoms with Crippen molar-refractivity contribution in [1.82, 2.24) is 15.0 Å². The SMILES string of the molecule is C[C@H]1C[C@@H](c2ccncc2CC(=O)c2nc(-c3cc(F)ccn3)ccc2N)C[C@@H](O)[C@]1(C)O. The molecule has 0 unspecified atom stereocenters. The van der Waals surface area contributed by atoms with Crippen LogP contribution in [0.5, 0.6) is 0 Å². The highest BCUT2D eigenvalue weighted by molar-refractivity contribution is 6.00. The molecule has 172 valence electrons. The van der Waals surface area contributed by atoms with Crippen molar-refractivity contribution < 1.29 is 19.4 Å². The zero-order chi connectivity index (χ0) is 23.8. The third-order valence-electron chi connectivity index (χ3n) is 6.73. The van der Waals surface area contributed by atoms with Gasteiger partial charge in [0.05, 0.1) is 28.8 Å². The molecule has 3 heterocycles. The molecule has 0 bridgehead atoms. The summed E-state index contributed by atoms with van der Waals surface area (Å²) in [6.07, 6.45) is 4.87. The molecule has 3 aromatic heterocycles. The van der Waals surface area contributed by atoms with Crippen LogP contribution in [0.15, 0.2) is 48.9 Å². The van der Waals surface area contributed by atoms with E-state index in [1.54, 1.807) is 31.5 Å². The molecule has 0 saturated heterocycles. The zero-order valence-corrected chi connectivity index (χ0v) is 18.6. The number of Topliss-reactive ketones (excluding diaryl/α,β-unsaturated/α-hetero) is 1. The van der Waals surface area contributed by atoms with Crippen LogP contribution in [0.25, 0.3) is 11.4 Å². The van der Waals surface area contributed by atoms with Gasteiger partial charge in [-0.25, -0.2) is 9.37 Å². The fourth-order valence-corrected chi connectivity index (χ4v) is 4.47. The van der Waals surface area contributed by atoms with Crippen LogP contribution in [0.3, 0.4) is 0 Å². The molecule has 1 aliphatic rings. The molecule has 8 heteroatoms. The van der Waals surface area contributed by atoms with E-state index in [4.69, 9.17) is 5.73 Å². The van der Waals surface area contributed by atoms with Crippen LogP contribution in [0, 0.1) is 11.7 Å². The first kappa shape index (κ1) is 22.9. The summed E-state index contributed by atoms with van der Waals surface area (Å²) in [7, 11) is 0. The highest BCUT2D eigenvalue weighted by Crippen LogP contribution is 2.42. The van der Waals surface area contributed by atoms with E-state index >= 15 is 0 Å². The van der Waals surface area contributed by atoms with Gasteiger partial charge in [-0.1, -0.05) is 6.92 Å². The molecular weight excluding hydrogens is 423 g/mol. The number of hydrogen-bond acceptors (Lipinski definition) is 7. The second-order valence-electron chi connectivity index (χ2n) is 8.98. The van der Waals surface area contributed by atoms with Crippen LogP contribution < -0.4 is 5.73 Å². The van der Waals surface area contributed by atoms with Gasteiger partial charge in [-0.2, -0.15) is 0 Å². The predicted octanol–water partition coefficient (Wildman–Crippen LogP) is 3.31. The fraction of sp³-hybridized carbons (Fsp3) is 0.360. The summed E-state index contributed by atoms with van der Waals surface area (Å²) in [5, 5.41) is 21.0. The Morgan fingerprint density at radius 2 is 2.00 bits per heavy atom. The Labute approximate surface area is 191 Å². The van der Waals surface area contributed by atoms with Crippen LogP contribution >= 0.6 is 0 Å². The lowest BCUT2D eigenvalue weighted by Crippen LogP contribution is -2.49. The Kier molecular flexibility index (Phi) is 6.23. The number of carbonyl (C=O) groups excluding carboxylic acids is 1. The van der Waals surface area contributed by atoms with Gasteiger partial charge in [-0.05, 0) is 67.0 Å². The van der Waals surface area contributed by atoms with Crippen LogP contribution in [0.4, 0.5) is 10.1 Å². The van der Waals surface area contributed by atoms with Gasteiger partial charge in [0, 0.05) is 31.1 Å². The highest BCUT2D eigenvalue weighted by Gasteiger charge is 2.43. The van der Waals surface area contributed by atoms with E-state index in [1.165, 1.54) is 18.3 Å². The second kappa shape index (κ2) is 8.96. The lowest BCUT2D eigenvalue weighted by molar-refractivity contribution is -0.123. The van der Waals surface area contributed by atoms with Gasteiger partial charge in [0.25, 0.3) is 0 Å². The van der Waals surface area contributed by atoms with Crippen molar-refractivity contribution in [3.05, 3.63) is 71.6 Å². The third-order valence-corrected chi connectivity index (χ3v) is 6.73. The van der Waals surface area contributed by atoms with Gasteiger partial charge in [-0.3, -0.25) is 14.8 Å². The number of rotatable bonds is 5. The first-order valence-electron chi connectivity index (χ1n) is 10.9. The average Bonchev–Trinajstić information content (AvgIpc) is 2.78. The topological polar surface area (TPSA) is 122 Å². The summed E-state index contributed by atoms with van der Waals surface area (Å²) in [4.78, 5) is 25.9. The van der Waals surface area contributed by atoms with Gasteiger partial charge < -0.3 is 15.9 Å².